The van der Waals surface area contributed by atoms with E-state index in [1.165, 1.54) is 0 Å². The molecule has 0 amide bonds. The van der Waals surface area contributed by atoms with Crippen molar-refractivity contribution < 1.29 is 0 Å². The van der Waals surface area contributed by atoms with Crippen molar-refractivity contribution in [3.8, 4) is 6.07 Å². The molecule has 0 atom stereocenters. The molecule has 0 saturated heterocycles. The van der Waals surface area contributed by atoms with Gasteiger partial charge in [0.2, 0.25) is 5.95 Å². The molecular weight excluding hydrogens is 294 g/mol. The minimum Gasteiger partial charge on any atom is -0.383 e. The van der Waals surface area contributed by atoms with Crippen molar-refractivity contribution >= 4 is 27.7 Å². The van der Waals surface area contributed by atoms with Gasteiger partial charge in [0.15, 0.2) is 0 Å². The summed E-state index contributed by atoms with van der Waals surface area (Å²) in [5.41, 5.74) is 7.22. The minimum absolute atomic E-state index is 0.394. The highest BCUT2D eigenvalue weighted by Crippen LogP contribution is 2.13. The molecule has 0 saturated carbocycles. The maximum atomic E-state index is 8.80. The van der Waals surface area contributed by atoms with Crippen LogP contribution in [0.25, 0.3) is 0 Å². The van der Waals surface area contributed by atoms with Gasteiger partial charge in [-0.15, -0.1) is 0 Å². The average molecular weight is 304 g/mol. The normalized spacial score (nSPS) is 9.78. The smallest absolute Gasteiger partial charge is 0.225 e. The van der Waals surface area contributed by atoms with E-state index in [2.05, 4.69) is 37.3 Å². The summed E-state index contributed by atoms with van der Waals surface area (Å²) in [5, 5.41) is 11.9. The number of hydrogen-bond donors (Lipinski definition) is 2. The molecular formula is C12H10BrN5. The van der Waals surface area contributed by atoms with Crippen LogP contribution >= 0.6 is 15.9 Å². The Hall–Kier alpha value is -2.13. The Labute approximate surface area is 113 Å². The minimum atomic E-state index is 0.394. The number of rotatable bonds is 3. The molecule has 6 heteroatoms. The molecule has 0 unspecified atom stereocenters. The number of benzene rings is 1. The molecule has 0 spiro atoms. The lowest BCUT2D eigenvalue weighted by molar-refractivity contribution is 1.05. The molecule has 90 valence electrons. The summed E-state index contributed by atoms with van der Waals surface area (Å²) in [6, 6.07) is 11.1. The predicted octanol–water partition coefficient (Wildman–Crippen LogP) is 2.31. The molecule has 0 radical (unpaired) electrons. The summed E-state index contributed by atoms with van der Waals surface area (Å²) in [5.74, 6) is 0.842. The molecule has 0 aliphatic carbocycles. The Kier molecular flexibility index (Phi) is 3.75. The van der Waals surface area contributed by atoms with E-state index in [1.807, 2.05) is 18.2 Å². The SMILES string of the molecule is N#Cc1cccc(CNc2nc(N)cc(Br)n2)c1. The van der Waals surface area contributed by atoms with Crippen molar-refractivity contribution in [1.29, 1.82) is 5.26 Å². The van der Waals surface area contributed by atoms with Crippen LogP contribution in [0, 0.1) is 11.3 Å². The number of nitriles is 1. The number of nitrogens with one attached hydrogen (secondary N) is 1. The number of nitrogen functional groups attached to an aromatic ring is 1. The first kappa shape index (κ1) is 12.3. The van der Waals surface area contributed by atoms with Crippen molar-refractivity contribution in [3.05, 3.63) is 46.1 Å². The summed E-state index contributed by atoms with van der Waals surface area (Å²) < 4.78 is 0.628. The van der Waals surface area contributed by atoms with Crippen LogP contribution in [0.4, 0.5) is 11.8 Å². The Bertz CT molecular complexity index is 585. The maximum Gasteiger partial charge on any atom is 0.225 e. The highest BCUT2D eigenvalue weighted by Gasteiger charge is 2.01. The van der Waals surface area contributed by atoms with Crippen LogP contribution in [0.2, 0.25) is 0 Å². The molecule has 18 heavy (non-hydrogen) atoms. The molecule has 0 aliphatic heterocycles. The Balaban J connectivity index is 2.09. The van der Waals surface area contributed by atoms with Crippen LogP contribution in [0.15, 0.2) is 34.9 Å². The van der Waals surface area contributed by atoms with Crippen LogP contribution < -0.4 is 11.1 Å². The zero-order valence-corrected chi connectivity index (χ0v) is 11.0. The van der Waals surface area contributed by atoms with Gasteiger partial charge < -0.3 is 11.1 Å². The number of nitrogens with two attached hydrogens (primary N) is 1. The standard InChI is InChI=1S/C12H10BrN5/c13-10-5-11(15)18-12(17-10)16-7-9-3-1-2-8(4-9)6-14/h1-5H,7H2,(H3,15,16,17,18). The quantitative estimate of drug-likeness (QED) is 0.850. The van der Waals surface area contributed by atoms with Gasteiger partial charge in [0, 0.05) is 12.6 Å². The second-order valence-electron chi connectivity index (χ2n) is 3.60. The second kappa shape index (κ2) is 5.47. The van der Waals surface area contributed by atoms with Crippen LogP contribution in [-0.4, -0.2) is 9.97 Å². The van der Waals surface area contributed by atoms with Gasteiger partial charge in [-0.1, -0.05) is 12.1 Å². The number of halogens is 1. The van der Waals surface area contributed by atoms with Gasteiger partial charge >= 0.3 is 0 Å². The summed E-state index contributed by atoms with van der Waals surface area (Å²) >= 11 is 3.25. The van der Waals surface area contributed by atoms with Gasteiger partial charge in [0.05, 0.1) is 11.6 Å². The number of aromatic nitrogens is 2. The topological polar surface area (TPSA) is 87.6 Å². The summed E-state index contributed by atoms with van der Waals surface area (Å²) in [6.07, 6.45) is 0. The lowest BCUT2D eigenvalue weighted by Crippen LogP contribution is -2.05. The number of anilines is 2. The van der Waals surface area contributed by atoms with E-state index < -0.39 is 0 Å². The summed E-state index contributed by atoms with van der Waals surface area (Å²) in [7, 11) is 0. The van der Waals surface area contributed by atoms with E-state index in [0.717, 1.165) is 5.56 Å². The molecule has 1 heterocycles. The van der Waals surface area contributed by atoms with E-state index in [4.69, 9.17) is 11.0 Å². The predicted molar refractivity (Wildman–Crippen MR) is 72.6 cm³/mol. The van der Waals surface area contributed by atoms with Gasteiger partial charge in [0.25, 0.3) is 0 Å². The lowest BCUT2D eigenvalue weighted by atomic mass is 10.1. The lowest BCUT2D eigenvalue weighted by Gasteiger charge is -2.06. The highest BCUT2D eigenvalue weighted by molar-refractivity contribution is 9.10. The van der Waals surface area contributed by atoms with E-state index in [-0.39, 0.29) is 0 Å². The first-order valence-corrected chi connectivity index (χ1v) is 5.99. The third-order valence-electron chi connectivity index (χ3n) is 2.22. The van der Waals surface area contributed by atoms with Crippen LogP contribution in [0.5, 0.6) is 0 Å². The van der Waals surface area contributed by atoms with Crippen molar-refractivity contribution in [2.24, 2.45) is 0 Å². The molecule has 5 nitrogen and oxygen atoms in total. The zero-order chi connectivity index (χ0) is 13.0. The molecule has 1 aromatic heterocycles. The third-order valence-corrected chi connectivity index (χ3v) is 2.63. The van der Waals surface area contributed by atoms with Crippen LogP contribution in [-0.2, 0) is 6.54 Å². The van der Waals surface area contributed by atoms with Crippen molar-refractivity contribution in [2.75, 3.05) is 11.1 Å². The van der Waals surface area contributed by atoms with Crippen LogP contribution in [0.3, 0.4) is 0 Å². The number of nitrogens with zero attached hydrogens (tertiary/aromatic N) is 3. The van der Waals surface area contributed by atoms with Gasteiger partial charge in [-0.05, 0) is 33.6 Å². The monoisotopic (exact) mass is 303 g/mol. The molecule has 0 fully saturated rings. The fourth-order valence-electron chi connectivity index (χ4n) is 1.45. The van der Waals surface area contributed by atoms with Crippen LogP contribution in [0.1, 0.15) is 11.1 Å². The Morgan fingerprint density at radius 3 is 2.89 bits per heavy atom. The van der Waals surface area contributed by atoms with Gasteiger partial charge in [-0.25, -0.2) is 4.98 Å². The Morgan fingerprint density at radius 2 is 2.17 bits per heavy atom. The molecule has 2 rings (SSSR count). The fourth-order valence-corrected chi connectivity index (χ4v) is 1.85. The van der Waals surface area contributed by atoms with Gasteiger partial charge in [-0.2, -0.15) is 10.2 Å². The molecule has 1 aromatic carbocycles. The molecule has 2 aromatic rings. The van der Waals surface area contributed by atoms with E-state index in [0.29, 0.717) is 28.5 Å². The maximum absolute atomic E-state index is 8.80. The largest absolute Gasteiger partial charge is 0.383 e. The van der Waals surface area contributed by atoms with E-state index in [1.54, 1.807) is 12.1 Å². The third kappa shape index (κ3) is 3.18. The first-order chi connectivity index (χ1) is 8.67. The molecule has 0 bridgehead atoms. The first-order valence-electron chi connectivity index (χ1n) is 5.20. The second-order valence-corrected chi connectivity index (χ2v) is 4.42. The summed E-state index contributed by atoms with van der Waals surface area (Å²) in [6.45, 7) is 0.533. The molecule has 3 N–H and O–H groups in total. The van der Waals surface area contributed by atoms with Crippen molar-refractivity contribution in [2.45, 2.75) is 6.54 Å². The number of hydrogen-bond acceptors (Lipinski definition) is 5. The van der Waals surface area contributed by atoms with Gasteiger partial charge in [-0.3, -0.25) is 0 Å². The van der Waals surface area contributed by atoms with E-state index >= 15 is 0 Å². The molecule has 0 aliphatic rings. The average Bonchev–Trinajstić information content (AvgIpc) is 2.35. The zero-order valence-electron chi connectivity index (χ0n) is 9.39. The highest BCUT2D eigenvalue weighted by atomic mass is 79.9. The Morgan fingerprint density at radius 1 is 1.33 bits per heavy atom. The fraction of sp³-hybridized carbons (Fsp3) is 0.0833. The van der Waals surface area contributed by atoms with E-state index in [9.17, 15) is 0 Å². The van der Waals surface area contributed by atoms with Crippen molar-refractivity contribution in [1.82, 2.24) is 9.97 Å². The summed E-state index contributed by atoms with van der Waals surface area (Å²) in [4.78, 5) is 8.19. The van der Waals surface area contributed by atoms with Gasteiger partial charge in [0.1, 0.15) is 10.4 Å². The van der Waals surface area contributed by atoms with Crippen molar-refractivity contribution in [3.63, 3.8) is 0 Å².